The highest BCUT2D eigenvalue weighted by Crippen LogP contribution is 2.54. The van der Waals surface area contributed by atoms with Gasteiger partial charge in [-0.1, -0.05) is 30.3 Å². The third-order valence-electron chi connectivity index (χ3n) is 4.40. The zero-order valence-electron chi connectivity index (χ0n) is 11.3. The average Bonchev–Trinajstić information content (AvgIpc) is 3.11. The van der Waals surface area contributed by atoms with Crippen molar-refractivity contribution in [1.29, 1.82) is 0 Å². The smallest absolute Gasteiger partial charge is 0.231 e. The van der Waals surface area contributed by atoms with E-state index < -0.39 is 0 Å². The van der Waals surface area contributed by atoms with E-state index in [2.05, 4.69) is 12.1 Å². The molecule has 4 nitrogen and oxygen atoms in total. The Hall–Kier alpha value is -2.20. The van der Waals surface area contributed by atoms with Crippen LogP contribution in [0.2, 0.25) is 0 Å². The lowest BCUT2D eigenvalue weighted by molar-refractivity contribution is -0.0711. The maximum atomic E-state index is 6.08. The number of fused-ring (bicyclic) bond motifs is 5. The third-order valence-corrected chi connectivity index (χ3v) is 4.40. The molecule has 0 N–H and O–H groups in total. The molecule has 1 fully saturated rings. The molecule has 0 amide bonds. The van der Waals surface area contributed by atoms with Crippen LogP contribution in [0.3, 0.4) is 0 Å². The molecule has 3 heterocycles. The number of benzene rings is 2. The molecule has 3 aliphatic rings. The van der Waals surface area contributed by atoms with Crippen molar-refractivity contribution in [2.75, 3.05) is 6.79 Å². The molecule has 5 rings (SSSR count). The summed E-state index contributed by atoms with van der Waals surface area (Å²) in [7, 11) is 0. The van der Waals surface area contributed by atoms with Crippen molar-refractivity contribution in [2.24, 2.45) is 0 Å². The van der Waals surface area contributed by atoms with Gasteiger partial charge < -0.3 is 18.9 Å². The van der Waals surface area contributed by atoms with Gasteiger partial charge in [0.1, 0.15) is 5.75 Å². The highest BCUT2D eigenvalue weighted by Gasteiger charge is 2.44. The van der Waals surface area contributed by atoms with Crippen LogP contribution in [0.5, 0.6) is 17.2 Å². The van der Waals surface area contributed by atoms with E-state index in [0.29, 0.717) is 5.92 Å². The summed E-state index contributed by atoms with van der Waals surface area (Å²) < 4.78 is 22.9. The fourth-order valence-electron chi connectivity index (χ4n) is 3.44. The lowest BCUT2D eigenvalue weighted by atomic mass is 9.86. The molecule has 2 aromatic rings. The average molecular weight is 282 g/mol. The van der Waals surface area contributed by atoms with Gasteiger partial charge in [-0.05, 0) is 11.6 Å². The summed E-state index contributed by atoms with van der Waals surface area (Å²) in [5, 5.41) is 0. The maximum absolute atomic E-state index is 6.08. The lowest BCUT2D eigenvalue weighted by Crippen LogP contribution is -2.18. The van der Waals surface area contributed by atoms with Crippen LogP contribution >= 0.6 is 0 Å². The molecular formula is C17H14O4. The maximum Gasteiger partial charge on any atom is 0.231 e. The Morgan fingerprint density at radius 1 is 0.905 bits per heavy atom. The van der Waals surface area contributed by atoms with Gasteiger partial charge in [0.25, 0.3) is 0 Å². The SMILES string of the molecule is c1ccc([C@H]2O[C@@H]3C[C@H]2c2cc4c(cc2O3)OCO4)cc1. The molecule has 0 aliphatic carbocycles. The number of hydrogen-bond acceptors (Lipinski definition) is 4. The molecule has 2 aromatic carbocycles. The van der Waals surface area contributed by atoms with Crippen LogP contribution in [0, 0.1) is 0 Å². The highest BCUT2D eigenvalue weighted by molar-refractivity contribution is 5.54. The van der Waals surface area contributed by atoms with Crippen molar-refractivity contribution in [1.82, 2.24) is 0 Å². The van der Waals surface area contributed by atoms with Crippen LogP contribution in [0.25, 0.3) is 0 Å². The van der Waals surface area contributed by atoms with E-state index in [4.69, 9.17) is 18.9 Å². The Morgan fingerprint density at radius 3 is 2.57 bits per heavy atom. The van der Waals surface area contributed by atoms with E-state index in [-0.39, 0.29) is 19.2 Å². The largest absolute Gasteiger partial charge is 0.464 e. The molecule has 0 radical (unpaired) electrons. The Kier molecular flexibility index (Phi) is 2.26. The summed E-state index contributed by atoms with van der Waals surface area (Å²) in [5.41, 5.74) is 2.35. The van der Waals surface area contributed by atoms with Gasteiger partial charge in [-0.2, -0.15) is 0 Å². The molecule has 0 saturated carbocycles. The molecule has 1 saturated heterocycles. The molecule has 0 aromatic heterocycles. The summed E-state index contributed by atoms with van der Waals surface area (Å²) in [4.78, 5) is 0. The molecule has 4 heteroatoms. The monoisotopic (exact) mass is 282 g/mol. The molecule has 2 bridgehead atoms. The summed E-state index contributed by atoms with van der Waals surface area (Å²) in [6.07, 6.45) is 0.748. The predicted molar refractivity (Wildman–Crippen MR) is 74.6 cm³/mol. The van der Waals surface area contributed by atoms with Gasteiger partial charge in [0, 0.05) is 24.0 Å². The fraction of sp³-hybridized carbons (Fsp3) is 0.294. The first-order valence-electron chi connectivity index (χ1n) is 7.19. The van der Waals surface area contributed by atoms with Gasteiger partial charge in [-0.15, -0.1) is 0 Å². The van der Waals surface area contributed by atoms with Gasteiger partial charge in [0.15, 0.2) is 11.5 Å². The second-order valence-electron chi connectivity index (χ2n) is 5.60. The molecule has 106 valence electrons. The molecule has 3 atom stereocenters. The van der Waals surface area contributed by atoms with Crippen LogP contribution in [-0.2, 0) is 4.74 Å². The quantitative estimate of drug-likeness (QED) is 0.803. The summed E-state index contributed by atoms with van der Waals surface area (Å²) in [6.45, 7) is 0.283. The van der Waals surface area contributed by atoms with Gasteiger partial charge in [0.05, 0.1) is 6.10 Å². The van der Waals surface area contributed by atoms with Crippen LogP contribution in [0.15, 0.2) is 42.5 Å². The fourth-order valence-corrected chi connectivity index (χ4v) is 3.44. The Bertz CT molecular complexity index is 697. The van der Waals surface area contributed by atoms with Crippen LogP contribution in [0.1, 0.15) is 29.6 Å². The summed E-state index contributed by atoms with van der Waals surface area (Å²) in [6, 6.07) is 14.3. The van der Waals surface area contributed by atoms with Gasteiger partial charge in [0.2, 0.25) is 13.1 Å². The minimum Gasteiger partial charge on any atom is -0.464 e. The Labute approximate surface area is 122 Å². The molecule has 3 aliphatic heterocycles. The second kappa shape index (κ2) is 4.15. The van der Waals surface area contributed by atoms with E-state index >= 15 is 0 Å². The van der Waals surface area contributed by atoms with Crippen LogP contribution < -0.4 is 14.2 Å². The highest BCUT2D eigenvalue weighted by atomic mass is 16.7. The van der Waals surface area contributed by atoms with E-state index in [0.717, 1.165) is 29.2 Å². The number of ether oxygens (including phenoxy) is 4. The Morgan fingerprint density at radius 2 is 1.71 bits per heavy atom. The lowest BCUT2D eigenvalue weighted by Gasteiger charge is -2.23. The van der Waals surface area contributed by atoms with Crippen molar-refractivity contribution < 1.29 is 18.9 Å². The standard InChI is InChI=1S/C17H14O4/c1-2-4-10(5-3-1)17-12-7-16(21-17)20-13-8-15-14(6-11(12)13)18-9-19-15/h1-6,8,12,16-17H,7,9H2/t12-,16+,17+/m0/s1. The zero-order chi connectivity index (χ0) is 13.8. The zero-order valence-corrected chi connectivity index (χ0v) is 11.3. The van der Waals surface area contributed by atoms with Crippen molar-refractivity contribution >= 4 is 0 Å². The number of hydrogen-bond donors (Lipinski definition) is 0. The number of rotatable bonds is 1. The van der Waals surface area contributed by atoms with Gasteiger partial charge in [-0.25, -0.2) is 0 Å². The minimum atomic E-state index is -0.173. The van der Waals surface area contributed by atoms with E-state index in [1.54, 1.807) is 0 Å². The van der Waals surface area contributed by atoms with E-state index in [1.807, 2.05) is 30.3 Å². The normalized spacial score (nSPS) is 28.1. The van der Waals surface area contributed by atoms with Gasteiger partial charge in [-0.3, -0.25) is 0 Å². The first-order chi connectivity index (χ1) is 10.4. The van der Waals surface area contributed by atoms with Crippen molar-refractivity contribution in [3.05, 3.63) is 53.6 Å². The Balaban J connectivity index is 1.60. The minimum absolute atomic E-state index is 0.0396. The summed E-state index contributed by atoms with van der Waals surface area (Å²) in [5.74, 6) is 2.72. The van der Waals surface area contributed by atoms with Gasteiger partial charge >= 0.3 is 0 Å². The molecular weight excluding hydrogens is 268 g/mol. The predicted octanol–water partition coefficient (Wildman–Crippen LogP) is 3.38. The first-order valence-corrected chi connectivity index (χ1v) is 7.19. The van der Waals surface area contributed by atoms with Crippen LogP contribution in [0.4, 0.5) is 0 Å². The first kappa shape index (κ1) is 11.5. The molecule has 0 unspecified atom stereocenters. The topological polar surface area (TPSA) is 36.9 Å². The van der Waals surface area contributed by atoms with E-state index in [9.17, 15) is 0 Å². The third kappa shape index (κ3) is 1.66. The van der Waals surface area contributed by atoms with Crippen molar-refractivity contribution in [3.63, 3.8) is 0 Å². The van der Waals surface area contributed by atoms with E-state index in [1.165, 1.54) is 5.56 Å². The van der Waals surface area contributed by atoms with Crippen molar-refractivity contribution in [3.8, 4) is 17.2 Å². The second-order valence-corrected chi connectivity index (χ2v) is 5.60. The molecule has 0 spiro atoms. The van der Waals surface area contributed by atoms with Crippen molar-refractivity contribution in [2.45, 2.75) is 24.7 Å². The molecule has 21 heavy (non-hydrogen) atoms. The summed E-state index contributed by atoms with van der Waals surface area (Å²) >= 11 is 0. The van der Waals surface area contributed by atoms with Crippen LogP contribution in [-0.4, -0.2) is 13.1 Å².